The molecule has 2 N–H and O–H groups in total. The molecule has 1 aromatic heterocycles. The number of ether oxygens (including phenoxy) is 1. The summed E-state index contributed by atoms with van der Waals surface area (Å²) in [5.41, 5.74) is 2.18. The average Bonchev–Trinajstić information content (AvgIpc) is 2.85. The van der Waals surface area contributed by atoms with Crippen LogP contribution < -0.4 is 4.74 Å². The number of benzene rings is 1. The van der Waals surface area contributed by atoms with Crippen molar-refractivity contribution < 1.29 is 9.84 Å². The molecule has 2 rings (SSSR count). The number of aromatic nitrogens is 1. The summed E-state index contributed by atoms with van der Waals surface area (Å²) in [6, 6.07) is 8.47. The zero-order valence-electron chi connectivity index (χ0n) is 14.1. The van der Waals surface area contributed by atoms with Crippen LogP contribution in [0, 0.1) is 6.92 Å². The first kappa shape index (κ1) is 16.8. The second-order valence-electron chi connectivity index (χ2n) is 6.22. The highest BCUT2D eigenvalue weighted by molar-refractivity contribution is 5.86. The molecule has 0 fully saturated rings. The molecule has 0 saturated heterocycles. The molecule has 1 aromatic carbocycles. The van der Waals surface area contributed by atoms with Gasteiger partial charge in [0.25, 0.3) is 0 Å². The summed E-state index contributed by atoms with van der Waals surface area (Å²) in [4.78, 5) is 5.59. The number of aliphatic hydroxyl groups excluding tert-OH is 1. The predicted molar refractivity (Wildman–Crippen MR) is 91.5 cm³/mol. The number of H-pyrrole nitrogens is 1. The number of nitrogens with one attached hydrogen (secondary N) is 1. The summed E-state index contributed by atoms with van der Waals surface area (Å²) in [6.07, 6.45) is 0.609. The van der Waals surface area contributed by atoms with Crippen molar-refractivity contribution in [1.29, 1.82) is 0 Å². The van der Waals surface area contributed by atoms with Gasteiger partial charge in [0.05, 0.1) is 0 Å². The molecule has 1 atom stereocenters. The lowest BCUT2D eigenvalue weighted by atomic mass is 10.2. The minimum Gasteiger partial charge on any atom is -0.490 e. The third-order valence-corrected chi connectivity index (χ3v) is 3.88. The van der Waals surface area contributed by atoms with Crippen molar-refractivity contribution in [2.24, 2.45) is 0 Å². The molecule has 0 aliphatic heterocycles. The Bertz CT molecular complexity index is 592. The van der Waals surface area contributed by atoms with Crippen molar-refractivity contribution >= 4 is 10.9 Å². The maximum atomic E-state index is 10.3. The fraction of sp³-hybridized carbons (Fsp3) is 0.556. The summed E-state index contributed by atoms with van der Waals surface area (Å²) in [5, 5.41) is 11.3. The van der Waals surface area contributed by atoms with Crippen LogP contribution >= 0.6 is 0 Å². The summed E-state index contributed by atoms with van der Waals surface area (Å²) in [6.45, 7) is 10.5. The van der Waals surface area contributed by atoms with Crippen LogP contribution in [-0.2, 0) is 0 Å². The molecule has 0 aliphatic carbocycles. The fourth-order valence-electron chi connectivity index (χ4n) is 2.75. The SMILES string of the molecule is CCCN(CC(O)COc1cccc2[nH]c(C)cc12)C(C)C. The van der Waals surface area contributed by atoms with Gasteiger partial charge in [0.1, 0.15) is 18.5 Å². The molecule has 4 heteroatoms. The normalized spacial score (nSPS) is 13.2. The Hall–Kier alpha value is -1.52. The van der Waals surface area contributed by atoms with E-state index in [1.165, 1.54) is 0 Å². The van der Waals surface area contributed by atoms with Crippen LogP contribution in [0.1, 0.15) is 32.9 Å². The van der Waals surface area contributed by atoms with E-state index in [-0.39, 0.29) is 0 Å². The Morgan fingerprint density at radius 3 is 2.77 bits per heavy atom. The Balaban J connectivity index is 1.96. The van der Waals surface area contributed by atoms with Gasteiger partial charge in [-0.1, -0.05) is 13.0 Å². The van der Waals surface area contributed by atoms with Gasteiger partial charge in [-0.15, -0.1) is 0 Å². The second kappa shape index (κ2) is 7.65. The maximum absolute atomic E-state index is 10.3. The molecule has 0 amide bonds. The van der Waals surface area contributed by atoms with E-state index in [0.717, 1.165) is 35.3 Å². The second-order valence-corrected chi connectivity index (χ2v) is 6.22. The minimum absolute atomic E-state index is 0.316. The summed E-state index contributed by atoms with van der Waals surface area (Å²) in [5.74, 6) is 0.826. The fourth-order valence-corrected chi connectivity index (χ4v) is 2.75. The Morgan fingerprint density at radius 1 is 1.32 bits per heavy atom. The van der Waals surface area contributed by atoms with E-state index in [1.54, 1.807) is 0 Å². The molecule has 4 nitrogen and oxygen atoms in total. The predicted octanol–water partition coefficient (Wildman–Crippen LogP) is 3.34. The first-order chi connectivity index (χ1) is 10.5. The number of aryl methyl sites for hydroxylation is 1. The van der Waals surface area contributed by atoms with Gasteiger partial charge in [-0.05, 0) is 51.9 Å². The lowest BCUT2D eigenvalue weighted by Crippen LogP contribution is -2.40. The molecular weight excluding hydrogens is 276 g/mol. The monoisotopic (exact) mass is 304 g/mol. The number of fused-ring (bicyclic) bond motifs is 1. The smallest absolute Gasteiger partial charge is 0.128 e. The van der Waals surface area contributed by atoms with Gasteiger partial charge in [-0.2, -0.15) is 0 Å². The van der Waals surface area contributed by atoms with Gasteiger partial charge in [0, 0.05) is 29.2 Å². The van der Waals surface area contributed by atoms with Crippen molar-refractivity contribution in [2.75, 3.05) is 19.7 Å². The summed E-state index contributed by atoms with van der Waals surface area (Å²) < 4.78 is 5.86. The van der Waals surface area contributed by atoms with Crippen LogP contribution in [0.4, 0.5) is 0 Å². The van der Waals surface area contributed by atoms with Crippen molar-refractivity contribution in [3.05, 3.63) is 30.0 Å². The molecule has 0 aliphatic rings. The largest absolute Gasteiger partial charge is 0.490 e. The Labute approximate surface area is 133 Å². The molecule has 1 unspecified atom stereocenters. The van der Waals surface area contributed by atoms with E-state index in [0.29, 0.717) is 19.2 Å². The summed E-state index contributed by atoms with van der Waals surface area (Å²) >= 11 is 0. The van der Waals surface area contributed by atoms with Crippen LogP contribution in [0.25, 0.3) is 10.9 Å². The Morgan fingerprint density at radius 2 is 2.09 bits per heavy atom. The average molecular weight is 304 g/mol. The third kappa shape index (κ3) is 4.24. The lowest BCUT2D eigenvalue weighted by Gasteiger charge is -2.28. The molecule has 0 radical (unpaired) electrons. The van der Waals surface area contributed by atoms with Crippen molar-refractivity contribution in [1.82, 2.24) is 9.88 Å². The van der Waals surface area contributed by atoms with Crippen molar-refractivity contribution in [3.63, 3.8) is 0 Å². The van der Waals surface area contributed by atoms with Crippen LogP contribution in [0.2, 0.25) is 0 Å². The highest BCUT2D eigenvalue weighted by atomic mass is 16.5. The molecular formula is C18H28N2O2. The molecule has 22 heavy (non-hydrogen) atoms. The molecule has 122 valence electrons. The summed E-state index contributed by atoms with van der Waals surface area (Å²) in [7, 11) is 0. The van der Waals surface area contributed by atoms with Gasteiger partial charge < -0.3 is 14.8 Å². The number of aromatic amines is 1. The number of aliphatic hydroxyl groups is 1. The molecule has 0 bridgehead atoms. The van der Waals surface area contributed by atoms with E-state index in [2.05, 4.69) is 36.7 Å². The molecule has 2 aromatic rings. The first-order valence-electron chi connectivity index (χ1n) is 8.14. The number of rotatable bonds is 8. The first-order valence-corrected chi connectivity index (χ1v) is 8.14. The zero-order chi connectivity index (χ0) is 16.1. The van der Waals surface area contributed by atoms with E-state index in [9.17, 15) is 5.11 Å². The highest BCUT2D eigenvalue weighted by Crippen LogP contribution is 2.26. The quantitative estimate of drug-likeness (QED) is 0.786. The van der Waals surface area contributed by atoms with Gasteiger partial charge >= 0.3 is 0 Å². The Kier molecular flexibility index (Phi) is 5.86. The van der Waals surface area contributed by atoms with Crippen LogP contribution in [0.15, 0.2) is 24.3 Å². The van der Waals surface area contributed by atoms with E-state index >= 15 is 0 Å². The van der Waals surface area contributed by atoms with E-state index in [4.69, 9.17) is 4.74 Å². The number of hydrogen-bond acceptors (Lipinski definition) is 3. The van der Waals surface area contributed by atoms with Gasteiger partial charge in [0.15, 0.2) is 0 Å². The lowest BCUT2D eigenvalue weighted by molar-refractivity contribution is 0.0580. The van der Waals surface area contributed by atoms with Crippen LogP contribution in [0.3, 0.4) is 0 Å². The number of nitrogens with zero attached hydrogens (tertiary/aromatic N) is 1. The van der Waals surface area contributed by atoms with Crippen molar-refractivity contribution in [2.45, 2.75) is 46.3 Å². The standard InChI is InChI=1S/C18H28N2O2/c1-5-9-20(13(2)3)11-15(21)12-22-18-8-6-7-17-16(18)10-14(4)19-17/h6-8,10,13,15,19,21H,5,9,11-12H2,1-4H3. The zero-order valence-corrected chi connectivity index (χ0v) is 14.1. The molecule has 0 saturated carbocycles. The minimum atomic E-state index is -0.482. The van der Waals surface area contributed by atoms with Gasteiger partial charge in [-0.25, -0.2) is 0 Å². The topological polar surface area (TPSA) is 48.5 Å². The van der Waals surface area contributed by atoms with E-state index < -0.39 is 6.10 Å². The third-order valence-electron chi connectivity index (χ3n) is 3.88. The van der Waals surface area contributed by atoms with E-state index in [1.807, 2.05) is 25.1 Å². The van der Waals surface area contributed by atoms with Crippen LogP contribution in [0.5, 0.6) is 5.75 Å². The van der Waals surface area contributed by atoms with Gasteiger partial charge in [0.2, 0.25) is 0 Å². The molecule has 1 heterocycles. The van der Waals surface area contributed by atoms with Crippen molar-refractivity contribution in [3.8, 4) is 5.75 Å². The maximum Gasteiger partial charge on any atom is 0.128 e. The van der Waals surface area contributed by atoms with Crippen LogP contribution in [-0.4, -0.2) is 46.8 Å². The van der Waals surface area contributed by atoms with Gasteiger partial charge in [-0.3, -0.25) is 4.90 Å². The highest BCUT2D eigenvalue weighted by Gasteiger charge is 2.15. The number of hydrogen-bond donors (Lipinski definition) is 2. The molecule has 0 spiro atoms.